The van der Waals surface area contributed by atoms with Crippen LogP contribution in [0.5, 0.6) is 0 Å². The van der Waals surface area contributed by atoms with E-state index >= 15 is 0 Å². The molecule has 0 aliphatic carbocycles. The van der Waals surface area contributed by atoms with E-state index in [0.29, 0.717) is 44.0 Å². The van der Waals surface area contributed by atoms with E-state index in [0.717, 1.165) is 12.4 Å². The van der Waals surface area contributed by atoms with Crippen LogP contribution in [-0.4, -0.2) is 75.9 Å². The number of carbonyl (C=O) groups excluding carboxylic acids is 1. The van der Waals surface area contributed by atoms with Crippen LogP contribution in [0.15, 0.2) is 17.2 Å². The van der Waals surface area contributed by atoms with Gasteiger partial charge in [0.1, 0.15) is 5.56 Å². The van der Waals surface area contributed by atoms with Gasteiger partial charge in [0.05, 0.1) is 43.4 Å². The lowest BCUT2D eigenvalue weighted by molar-refractivity contribution is -0.141. The normalized spacial score (nSPS) is 18.6. The zero-order valence-corrected chi connectivity index (χ0v) is 20.2. The number of H-pyrrole nitrogens is 1. The second-order valence-electron chi connectivity index (χ2n) is 9.10. The van der Waals surface area contributed by atoms with Crippen LogP contribution in [0, 0.1) is 0 Å². The van der Waals surface area contributed by atoms with Gasteiger partial charge < -0.3 is 19.9 Å². The molecule has 1 fully saturated rings. The number of aromatic nitrogens is 4. The molecule has 0 radical (unpaired) electrons. The highest BCUT2D eigenvalue weighted by atomic mass is 19.4. The molecule has 2 aliphatic heterocycles. The first-order chi connectivity index (χ1) is 17.8. The Morgan fingerprint density at radius 1 is 1.21 bits per heavy atom. The molecule has 0 bridgehead atoms. The summed E-state index contributed by atoms with van der Waals surface area (Å²) in [6.45, 7) is 2.70. The number of amides is 1. The summed E-state index contributed by atoms with van der Waals surface area (Å²) < 4.78 is 83.8. The maximum absolute atomic E-state index is 13.2. The molecule has 2 aliphatic rings. The highest BCUT2D eigenvalue weighted by Gasteiger charge is 2.39. The Balaban J connectivity index is 1.24. The van der Waals surface area contributed by atoms with Gasteiger partial charge in [-0.3, -0.25) is 9.59 Å². The van der Waals surface area contributed by atoms with Crippen LogP contribution in [-0.2, 0) is 28.3 Å². The molecule has 2 N–H and O–H groups in total. The first kappa shape index (κ1) is 27.6. The number of ether oxygens (including phenoxy) is 1. The Morgan fingerprint density at radius 2 is 1.97 bits per heavy atom. The molecule has 4 rings (SSSR count). The van der Waals surface area contributed by atoms with Crippen molar-refractivity contribution < 1.29 is 35.9 Å². The minimum Gasteiger partial charge on any atom is -0.379 e. The zero-order chi connectivity index (χ0) is 27.7. The van der Waals surface area contributed by atoms with Crippen LogP contribution in [0.2, 0.25) is 0 Å². The predicted octanol–water partition coefficient (Wildman–Crippen LogP) is 2.47. The number of nitrogens with zero attached hydrogens (tertiary/aromatic N) is 5. The average Bonchev–Trinajstić information content (AvgIpc) is 2.84. The van der Waals surface area contributed by atoms with Crippen molar-refractivity contribution in [1.29, 1.82) is 0 Å². The molecule has 2 atom stereocenters. The van der Waals surface area contributed by atoms with Crippen LogP contribution < -0.4 is 15.8 Å². The van der Waals surface area contributed by atoms with Crippen molar-refractivity contribution in [2.45, 2.75) is 50.6 Å². The van der Waals surface area contributed by atoms with Crippen molar-refractivity contribution >= 4 is 17.4 Å². The lowest BCUT2D eigenvalue weighted by atomic mass is 9.99. The number of hydrogen-bond acceptors (Lipinski definition) is 8. The second-order valence-corrected chi connectivity index (χ2v) is 9.10. The number of halogens is 6. The number of rotatable bonds is 7. The molecule has 0 spiro atoms. The molecule has 16 heteroatoms. The molecule has 1 unspecified atom stereocenters. The van der Waals surface area contributed by atoms with Crippen LogP contribution >= 0.6 is 0 Å². The quantitative estimate of drug-likeness (QED) is 0.400. The Hall–Kier alpha value is -3.43. The molecule has 38 heavy (non-hydrogen) atoms. The van der Waals surface area contributed by atoms with Gasteiger partial charge in [0.2, 0.25) is 5.91 Å². The number of aryl methyl sites for hydroxylation is 1. The SMILES string of the molecule is CC(COCCC(=O)N1CCN2c3ncc(C(F)(F)F)nc3CC[C@H]2C1)Nc1cn[nH]c(=O)c1C(F)(F)F. The van der Waals surface area contributed by atoms with Gasteiger partial charge >= 0.3 is 12.4 Å². The minimum atomic E-state index is -4.87. The maximum Gasteiger partial charge on any atom is 0.434 e. The number of carbonyl (C=O) groups is 1. The Morgan fingerprint density at radius 3 is 2.68 bits per heavy atom. The van der Waals surface area contributed by atoms with E-state index in [1.54, 1.807) is 16.9 Å². The molecule has 0 saturated carbocycles. The standard InChI is InChI=1S/C22H25F6N7O3/c1-12(31-15-8-30-33-20(37)18(15)22(26,27)28)11-38-7-4-17(36)34-5-6-35-13(10-34)2-3-14-19(35)29-9-16(32-14)21(23,24)25/h8-9,12-13H,2-7,10-11H2,1H3,(H2,31,33,37)/t12?,13-/m0/s1. The zero-order valence-electron chi connectivity index (χ0n) is 20.2. The van der Waals surface area contributed by atoms with Crippen molar-refractivity contribution in [3.63, 3.8) is 0 Å². The first-order valence-corrected chi connectivity index (χ1v) is 11.8. The fourth-order valence-electron chi connectivity index (χ4n) is 4.55. The molecule has 4 heterocycles. The summed E-state index contributed by atoms with van der Waals surface area (Å²) in [7, 11) is 0. The van der Waals surface area contributed by atoms with Gasteiger partial charge in [-0.1, -0.05) is 0 Å². The number of alkyl halides is 6. The summed E-state index contributed by atoms with van der Waals surface area (Å²) in [4.78, 5) is 35.5. The molecule has 2 aromatic rings. The minimum absolute atomic E-state index is 0.0247. The summed E-state index contributed by atoms with van der Waals surface area (Å²) in [5, 5.41) is 7.71. The van der Waals surface area contributed by atoms with E-state index in [9.17, 15) is 35.9 Å². The predicted molar refractivity (Wildman–Crippen MR) is 121 cm³/mol. The number of nitrogens with one attached hydrogen (secondary N) is 2. The van der Waals surface area contributed by atoms with E-state index < -0.39 is 40.9 Å². The van der Waals surface area contributed by atoms with Gasteiger partial charge in [-0.05, 0) is 19.8 Å². The van der Waals surface area contributed by atoms with Crippen LogP contribution in [0.4, 0.5) is 37.8 Å². The summed E-state index contributed by atoms with van der Waals surface area (Å²) in [5.74, 6) is 0.239. The van der Waals surface area contributed by atoms with Gasteiger partial charge in [-0.15, -0.1) is 0 Å². The van der Waals surface area contributed by atoms with Crippen LogP contribution in [0.3, 0.4) is 0 Å². The number of aromatic amines is 1. The Bertz CT molecular complexity index is 1220. The first-order valence-electron chi connectivity index (χ1n) is 11.8. The van der Waals surface area contributed by atoms with Crippen molar-refractivity contribution in [3.05, 3.63) is 39.7 Å². The van der Waals surface area contributed by atoms with E-state index in [-0.39, 0.29) is 31.6 Å². The number of fused-ring (bicyclic) bond motifs is 3. The fraction of sp³-hybridized carbons (Fsp3) is 0.591. The maximum atomic E-state index is 13.2. The van der Waals surface area contributed by atoms with Gasteiger partial charge in [0, 0.05) is 31.7 Å². The summed E-state index contributed by atoms with van der Waals surface area (Å²) >= 11 is 0. The molecule has 10 nitrogen and oxygen atoms in total. The molecule has 1 amide bonds. The molecular weight excluding hydrogens is 524 g/mol. The van der Waals surface area contributed by atoms with Crippen molar-refractivity contribution in [2.24, 2.45) is 0 Å². The topological polar surface area (TPSA) is 116 Å². The smallest absolute Gasteiger partial charge is 0.379 e. The van der Waals surface area contributed by atoms with Crippen molar-refractivity contribution in [1.82, 2.24) is 25.1 Å². The summed E-state index contributed by atoms with van der Waals surface area (Å²) in [6.07, 6.45) is -6.94. The Labute approximate surface area is 212 Å². The number of anilines is 2. The van der Waals surface area contributed by atoms with E-state index in [4.69, 9.17) is 4.74 Å². The van der Waals surface area contributed by atoms with E-state index in [2.05, 4.69) is 20.4 Å². The highest BCUT2D eigenvalue weighted by molar-refractivity contribution is 5.76. The third-order valence-electron chi connectivity index (χ3n) is 6.30. The monoisotopic (exact) mass is 549 g/mol. The third-order valence-corrected chi connectivity index (χ3v) is 6.30. The Kier molecular flexibility index (Phi) is 7.80. The largest absolute Gasteiger partial charge is 0.434 e. The molecule has 2 aromatic heterocycles. The van der Waals surface area contributed by atoms with Crippen LogP contribution in [0.1, 0.15) is 36.7 Å². The van der Waals surface area contributed by atoms with Crippen LogP contribution in [0.25, 0.3) is 0 Å². The lowest BCUT2D eigenvalue weighted by Gasteiger charge is -2.45. The average molecular weight is 549 g/mol. The number of piperazine rings is 1. The second kappa shape index (κ2) is 10.7. The molecule has 208 valence electrons. The van der Waals surface area contributed by atoms with Gasteiger partial charge in [0.15, 0.2) is 11.5 Å². The van der Waals surface area contributed by atoms with Crippen molar-refractivity contribution in [3.8, 4) is 0 Å². The highest BCUT2D eigenvalue weighted by Crippen LogP contribution is 2.34. The van der Waals surface area contributed by atoms with Gasteiger partial charge in [-0.2, -0.15) is 31.4 Å². The third kappa shape index (κ3) is 6.16. The van der Waals surface area contributed by atoms with E-state index in [1.165, 1.54) is 0 Å². The van der Waals surface area contributed by atoms with Gasteiger partial charge in [0.25, 0.3) is 5.56 Å². The molecule has 1 saturated heterocycles. The van der Waals surface area contributed by atoms with Crippen molar-refractivity contribution in [2.75, 3.05) is 43.1 Å². The summed E-state index contributed by atoms with van der Waals surface area (Å²) in [6, 6.07) is -0.707. The number of hydrogen-bond donors (Lipinski definition) is 2. The summed E-state index contributed by atoms with van der Waals surface area (Å²) in [5.41, 5.74) is -3.94. The molecule has 0 aromatic carbocycles. The van der Waals surface area contributed by atoms with E-state index in [1.807, 2.05) is 4.90 Å². The van der Waals surface area contributed by atoms with Gasteiger partial charge in [-0.25, -0.2) is 15.1 Å². The lowest BCUT2D eigenvalue weighted by Crippen LogP contribution is -2.57. The fourth-order valence-corrected chi connectivity index (χ4v) is 4.55. The molecular formula is C22H25F6N7O3.